The zero-order valence-corrected chi connectivity index (χ0v) is 20.7. The number of halogens is 1. The van der Waals surface area contributed by atoms with Crippen LogP contribution in [-0.4, -0.2) is 47.9 Å². The molecule has 4 heterocycles. The van der Waals surface area contributed by atoms with Crippen LogP contribution in [0.3, 0.4) is 0 Å². The summed E-state index contributed by atoms with van der Waals surface area (Å²) in [6, 6.07) is 15.3. The van der Waals surface area contributed by atoms with Crippen molar-refractivity contribution in [1.82, 2.24) is 29.5 Å². The smallest absolute Gasteiger partial charge is 0.230 e. The third-order valence-corrected chi connectivity index (χ3v) is 6.54. The third kappa shape index (κ3) is 4.17. The summed E-state index contributed by atoms with van der Waals surface area (Å²) in [7, 11) is 0. The molecule has 0 radical (unpaired) electrons. The normalized spacial score (nSPS) is 15.4. The highest BCUT2D eigenvalue weighted by Gasteiger charge is 2.35. The summed E-state index contributed by atoms with van der Waals surface area (Å²) in [6.45, 7) is 4.09. The molecule has 3 aromatic heterocycles. The number of hydrogen-bond donors (Lipinski definition) is 1. The number of fused-ring (bicyclic) bond motifs is 1. The summed E-state index contributed by atoms with van der Waals surface area (Å²) in [6.07, 6.45) is 3.11. The number of nitrogens with one attached hydrogen (secondary N) is 1. The van der Waals surface area contributed by atoms with Gasteiger partial charge in [0.15, 0.2) is 11.5 Å². The summed E-state index contributed by atoms with van der Waals surface area (Å²) in [4.78, 5) is 36.4. The molecule has 1 N–H and O–H groups in total. The number of rotatable bonds is 5. The fourth-order valence-corrected chi connectivity index (χ4v) is 4.61. The van der Waals surface area contributed by atoms with Crippen LogP contribution < -0.4 is 10.2 Å². The largest absolute Gasteiger partial charge is 0.312 e. The van der Waals surface area contributed by atoms with Gasteiger partial charge in [-0.2, -0.15) is 14.9 Å². The second kappa shape index (κ2) is 9.18. The number of benzene rings is 2. The van der Waals surface area contributed by atoms with Crippen LogP contribution in [-0.2, 0) is 9.59 Å². The van der Waals surface area contributed by atoms with Gasteiger partial charge in [-0.15, -0.1) is 0 Å². The SMILES string of the molecule is Cc1ccc(N2CC(C(=O)Nc3cc(C)nn3-c3ncnc4c3cnn4-c3ccc(F)cc3)CC2=O)cc1. The first kappa shape index (κ1) is 23.5. The summed E-state index contributed by atoms with van der Waals surface area (Å²) >= 11 is 0. The van der Waals surface area contributed by atoms with Crippen LogP contribution in [0.2, 0.25) is 0 Å². The molecule has 1 aliphatic rings. The lowest BCUT2D eigenvalue weighted by Gasteiger charge is -2.17. The molecule has 190 valence electrons. The number of amides is 2. The van der Waals surface area contributed by atoms with E-state index in [0.717, 1.165) is 11.3 Å². The van der Waals surface area contributed by atoms with E-state index >= 15 is 0 Å². The minimum absolute atomic E-state index is 0.0931. The Kier molecular flexibility index (Phi) is 5.67. The zero-order valence-electron chi connectivity index (χ0n) is 20.7. The topological polar surface area (TPSA) is 111 Å². The van der Waals surface area contributed by atoms with E-state index in [4.69, 9.17) is 0 Å². The molecule has 1 saturated heterocycles. The average molecular weight is 511 g/mol. The van der Waals surface area contributed by atoms with Gasteiger partial charge in [-0.25, -0.2) is 19.0 Å². The molecule has 1 fully saturated rings. The molecule has 38 heavy (non-hydrogen) atoms. The fourth-order valence-electron chi connectivity index (χ4n) is 4.61. The Labute approximate surface area is 216 Å². The second-order valence-electron chi connectivity index (χ2n) is 9.28. The van der Waals surface area contributed by atoms with Gasteiger partial charge in [0.05, 0.1) is 28.9 Å². The van der Waals surface area contributed by atoms with Gasteiger partial charge in [-0.3, -0.25) is 9.59 Å². The minimum Gasteiger partial charge on any atom is -0.312 e. The van der Waals surface area contributed by atoms with Gasteiger partial charge < -0.3 is 10.2 Å². The molecular formula is C27H23FN8O2. The zero-order chi connectivity index (χ0) is 26.4. The molecule has 1 aliphatic heterocycles. The van der Waals surface area contributed by atoms with Crippen molar-refractivity contribution in [2.24, 2.45) is 5.92 Å². The monoisotopic (exact) mass is 510 g/mol. The quantitative estimate of drug-likeness (QED) is 0.386. The van der Waals surface area contributed by atoms with E-state index in [1.807, 2.05) is 38.1 Å². The molecule has 1 unspecified atom stereocenters. The van der Waals surface area contributed by atoms with Crippen molar-refractivity contribution in [3.63, 3.8) is 0 Å². The number of carbonyl (C=O) groups is 2. The van der Waals surface area contributed by atoms with Gasteiger partial charge in [0.1, 0.15) is 18.0 Å². The van der Waals surface area contributed by atoms with Crippen molar-refractivity contribution in [2.45, 2.75) is 20.3 Å². The van der Waals surface area contributed by atoms with Gasteiger partial charge in [0.25, 0.3) is 0 Å². The summed E-state index contributed by atoms with van der Waals surface area (Å²) in [5, 5.41) is 12.5. The molecule has 11 heteroatoms. The Balaban J connectivity index is 1.28. The van der Waals surface area contributed by atoms with E-state index in [1.165, 1.54) is 23.1 Å². The summed E-state index contributed by atoms with van der Waals surface area (Å²) in [5.41, 5.74) is 3.68. The van der Waals surface area contributed by atoms with Crippen molar-refractivity contribution in [3.8, 4) is 11.5 Å². The van der Waals surface area contributed by atoms with E-state index in [9.17, 15) is 14.0 Å². The van der Waals surface area contributed by atoms with Crippen LogP contribution in [0.5, 0.6) is 0 Å². The second-order valence-corrected chi connectivity index (χ2v) is 9.28. The molecule has 6 rings (SSSR count). The number of hydrogen-bond acceptors (Lipinski definition) is 6. The maximum Gasteiger partial charge on any atom is 0.230 e. The van der Waals surface area contributed by atoms with Gasteiger partial charge in [0, 0.05) is 24.7 Å². The molecular weight excluding hydrogens is 487 g/mol. The van der Waals surface area contributed by atoms with Crippen LogP contribution in [0.1, 0.15) is 17.7 Å². The van der Waals surface area contributed by atoms with Crippen molar-refractivity contribution in [1.29, 1.82) is 0 Å². The molecule has 10 nitrogen and oxygen atoms in total. The summed E-state index contributed by atoms with van der Waals surface area (Å²) in [5.74, 6) is -0.386. The van der Waals surface area contributed by atoms with Gasteiger partial charge >= 0.3 is 0 Å². The minimum atomic E-state index is -0.515. The Morgan fingerprint density at radius 1 is 1.00 bits per heavy atom. The van der Waals surface area contributed by atoms with E-state index in [0.29, 0.717) is 40.6 Å². The van der Waals surface area contributed by atoms with E-state index in [2.05, 4.69) is 25.5 Å². The third-order valence-electron chi connectivity index (χ3n) is 6.54. The van der Waals surface area contributed by atoms with Crippen LogP contribution >= 0.6 is 0 Å². The first-order valence-corrected chi connectivity index (χ1v) is 12.1. The van der Waals surface area contributed by atoms with Crippen LogP contribution in [0.15, 0.2) is 67.1 Å². The first-order valence-electron chi connectivity index (χ1n) is 12.1. The Hall–Kier alpha value is -4.93. The molecule has 0 spiro atoms. The lowest BCUT2D eigenvalue weighted by Crippen LogP contribution is -2.28. The number of aryl methyl sites for hydroxylation is 2. The molecule has 0 bridgehead atoms. The number of carbonyl (C=O) groups excluding carboxylic acids is 2. The summed E-state index contributed by atoms with van der Waals surface area (Å²) < 4.78 is 16.5. The van der Waals surface area contributed by atoms with E-state index < -0.39 is 5.92 Å². The van der Waals surface area contributed by atoms with Gasteiger partial charge in [-0.05, 0) is 50.2 Å². The first-order chi connectivity index (χ1) is 18.4. The highest BCUT2D eigenvalue weighted by atomic mass is 19.1. The predicted molar refractivity (Wildman–Crippen MR) is 139 cm³/mol. The highest BCUT2D eigenvalue weighted by Crippen LogP contribution is 2.28. The fraction of sp³-hybridized carbons (Fsp3) is 0.185. The number of anilines is 2. The number of aromatic nitrogens is 6. The van der Waals surface area contributed by atoms with Gasteiger partial charge in [0.2, 0.25) is 11.8 Å². The predicted octanol–water partition coefficient (Wildman–Crippen LogP) is 3.75. The lowest BCUT2D eigenvalue weighted by molar-refractivity contribution is -0.122. The Bertz CT molecular complexity index is 1670. The molecule has 2 aromatic carbocycles. The van der Waals surface area contributed by atoms with E-state index in [1.54, 1.807) is 34.0 Å². The van der Waals surface area contributed by atoms with Crippen molar-refractivity contribution in [3.05, 3.63) is 84.2 Å². The van der Waals surface area contributed by atoms with Crippen molar-refractivity contribution >= 4 is 34.4 Å². The van der Waals surface area contributed by atoms with Crippen molar-refractivity contribution < 1.29 is 14.0 Å². The standard InChI is InChI=1S/C27H23FN8O2/c1-16-3-7-20(8-4-16)34-14-18(12-24(34)37)27(38)32-23-11-17(2)33-36(23)26-22-13-31-35(25(22)29-15-30-26)21-9-5-19(28)6-10-21/h3-11,13,15,18H,12,14H2,1-2H3,(H,32,38). The van der Waals surface area contributed by atoms with Crippen molar-refractivity contribution in [2.75, 3.05) is 16.8 Å². The Morgan fingerprint density at radius 3 is 2.50 bits per heavy atom. The number of nitrogens with zero attached hydrogens (tertiary/aromatic N) is 7. The highest BCUT2D eigenvalue weighted by molar-refractivity contribution is 6.03. The molecule has 0 saturated carbocycles. The Morgan fingerprint density at radius 2 is 1.74 bits per heavy atom. The molecule has 0 aliphatic carbocycles. The molecule has 2 amide bonds. The maximum absolute atomic E-state index is 13.4. The van der Waals surface area contributed by atoms with Crippen LogP contribution in [0.25, 0.3) is 22.5 Å². The molecule has 5 aromatic rings. The van der Waals surface area contributed by atoms with Crippen LogP contribution in [0.4, 0.5) is 15.9 Å². The lowest BCUT2D eigenvalue weighted by atomic mass is 10.1. The van der Waals surface area contributed by atoms with E-state index in [-0.39, 0.29) is 24.1 Å². The maximum atomic E-state index is 13.4. The van der Waals surface area contributed by atoms with Crippen LogP contribution in [0, 0.1) is 25.6 Å². The average Bonchev–Trinajstić information content (AvgIpc) is 3.61. The van der Waals surface area contributed by atoms with Gasteiger partial charge in [-0.1, -0.05) is 17.7 Å². The molecule has 1 atom stereocenters.